The number of unbranched alkanes of at least 4 members (excludes halogenated alkanes) is 1. The summed E-state index contributed by atoms with van der Waals surface area (Å²) in [5, 5.41) is 4.20. The fourth-order valence-electron chi connectivity index (χ4n) is 3.93. The first-order chi connectivity index (χ1) is 16.0. The van der Waals surface area contributed by atoms with Gasteiger partial charge >= 0.3 is 0 Å². The molecule has 0 amide bonds. The molecule has 0 saturated carbocycles. The van der Waals surface area contributed by atoms with Crippen LogP contribution < -0.4 is 5.32 Å². The summed E-state index contributed by atoms with van der Waals surface area (Å²) in [7, 11) is -1.89. The summed E-state index contributed by atoms with van der Waals surface area (Å²) < 4.78 is 27.5. The van der Waals surface area contributed by atoms with Gasteiger partial charge in [-0.05, 0) is 80.1 Å². The third kappa shape index (κ3) is 7.97. The molecule has 0 aliphatic rings. The van der Waals surface area contributed by atoms with Crippen molar-refractivity contribution in [1.29, 1.82) is 0 Å². The van der Waals surface area contributed by atoms with Crippen molar-refractivity contribution >= 4 is 21.6 Å². The van der Waals surface area contributed by atoms with Crippen LogP contribution in [0.2, 0.25) is 5.02 Å². The van der Waals surface area contributed by atoms with Crippen molar-refractivity contribution in [1.82, 2.24) is 9.62 Å². The Morgan fingerprint density at radius 3 is 2.27 bits per heavy atom. The van der Waals surface area contributed by atoms with Crippen LogP contribution in [0, 0.1) is 0 Å². The minimum absolute atomic E-state index is 0.0454. The first kappa shape index (κ1) is 25.4. The Kier molecular flexibility index (Phi) is 9.95. The Balaban J connectivity index is 1.54. The molecule has 6 heteroatoms. The lowest BCUT2D eigenvalue weighted by atomic mass is 9.95. The van der Waals surface area contributed by atoms with Crippen molar-refractivity contribution in [3.8, 4) is 0 Å². The second kappa shape index (κ2) is 12.9. The van der Waals surface area contributed by atoms with Crippen molar-refractivity contribution in [2.75, 3.05) is 26.7 Å². The molecule has 0 radical (unpaired) electrons. The van der Waals surface area contributed by atoms with Crippen LogP contribution >= 0.6 is 11.6 Å². The van der Waals surface area contributed by atoms with Gasteiger partial charge < -0.3 is 5.32 Å². The second-order valence-electron chi connectivity index (χ2n) is 8.33. The molecule has 0 aromatic heterocycles. The normalized spacial score (nSPS) is 12.7. The van der Waals surface area contributed by atoms with Crippen LogP contribution in [0.1, 0.15) is 36.3 Å². The van der Waals surface area contributed by atoms with E-state index in [4.69, 9.17) is 11.6 Å². The molecule has 0 aliphatic carbocycles. The first-order valence-corrected chi connectivity index (χ1v) is 13.3. The third-order valence-electron chi connectivity index (χ3n) is 5.83. The zero-order valence-corrected chi connectivity index (χ0v) is 20.7. The number of likely N-dealkylation sites (N-methyl/N-ethyl adjacent to an activating group) is 1. The third-order valence-corrected chi connectivity index (χ3v) is 7.90. The molecule has 0 bridgehead atoms. The minimum Gasteiger partial charge on any atom is -0.317 e. The lowest BCUT2D eigenvalue weighted by Crippen LogP contribution is -2.32. The number of nitrogens with zero attached hydrogens (tertiary/aromatic N) is 1. The SMILES string of the molecule is CN(C[C@@H](CCNCCCCc1ccccc1)c1cccc(Cl)c1)S(=O)(=O)c1ccccc1. The molecule has 0 spiro atoms. The molecule has 3 aromatic rings. The van der Waals surface area contributed by atoms with E-state index >= 15 is 0 Å². The van der Waals surface area contributed by atoms with Crippen LogP contribution in [-0.4, -0.2) is 39.4 Å². The van der Waals surface area contributed by atoms with Crippen LogP contribution in [0.4, 0.5) is 0 Å². The van der Waals surface area contributed by atoms with Gasteiger partial charge in [-0.2, -0.15) is 0 Å². The van der Waals surface area contributed by atoms with E-state index in [9.17, 15) is 8.42 Å². The highest BCUT2D eigenvalue weighted by Gasteiger charge is 2.24. The standard InChI is InChI=1S/C27H33ClN2O2S/c1-30(33(31,32)27-16-6-3-7-17-27)22-25(24-14-10-15-26(28)21-24)18-20-29-19-9-8-13-23-11-4-2-5-12-23/h2-7,10-12,14-17,21,25,29H,8-9,13,18-20,22H2,1H3/t25-/m1/s1. The number of rotatable bonds is 13. The highest BCUT2D eigenvalue weighted by Crippen LogP contribution is 2.25. The van der Waals surface area contributed by atoms with Crippen LogP contribution in [0.25, 0.3) is 0 Å². The maximum Gasteiger partial charge on any atom is 0.242 e. The number of nitrogens with one attached hydrogen (secondary N) is 1. The van der Waals surface area contributed by atoms with Crippen LogP contribution in [0.15, 0.2) is 89.8 Å². The smallest absolute Gasteiger partial charge is 0.242 e. The van der Waals surface area contributed by atoms with E-state index in [1.165, 1.54) is 9.87 Å². The Bertz CT molecular complexity index is 1080. The van der Waals surface area contributed by atoms with Gasteiger partial charge in [0.05, 0.1) is 4.90 Å². The summed E-state index contributed by atoms with van der Waals surface area (Å²) in [5.41, 5.74) is 2.43. The molecule has 0 unspecified atom stereocenters. The van der Waals surface area contributed by atoms with Gasteiger partial charge in [-0.15, -0.1) is 0 Å². The van der Waals surface area contributed by atoms with Gasteiger partial charge in [-0.3, -0.25) is 0 Å². The van der Waals surface area contributed by atoms with Crippen LogP contribution in [0.3, 0.4) is 0 Å². The largest absolute Gasteiger partial charge is 0.317 e. The zero-order valence-electron chi connectivity index (χ0n) is 19.2. The highest BCUT2D eigenvalue weighted by atomic mass is 35.5. The van der Waals surface area contributed by atoms with E-state index < -0.39 is 10.0 Å². The van der Waals surface area contributed by atoms with Gasteiger partial charge in [0.25, 0.3) is 0 Å². The van der Waals surface area contributed by atoms with Crippen molar-refractivity contribution in [3.05, 3.63) is 101 Å². The quantitative estimate of drug-likeness (QED) is 0.314. The van der Waals surface area contributed by atoms with E-state index in [1.807, 2.05) is 36.4 Å². The Morgan fingerprint density at radius 1 is 0.879 bits per heavy atom. The fourth-order valence-corrected chi connectivity index (χ4v) is 5.37. The van der Waals surface area contributed by atoms with E-state index in [0.717, 1.165) is 44.3 Å². The first-order valence-electron chi connectivity index (χ1n) is 11.5. The number of hydrogen-bond donors (Lipinski definition) is 1. The average molecular weight is 485 g/mol. The van der Waals surface area contributed by atoms with Gasteiger partial charge in [0, 0.05) is 18.6 Å². The molecule has 4 nitrogen and oxygen atoms in total. The molecule has 0 fully saturated rings. The number of hydrogen-bond acceptors (Lipinski definition) is 3. The monoisotopic (exact) mass is 484 g/mol. The molecule has 176 valence electrons. The van der Waals surface area contributed by atoms with E-state index in [-0.39, 0.29) is 5.92 Å². The molecule has 0 heterocycles. The van der Waals surface area contributed by atoms with E-state index in [2.05, 4.69) is 29.6 Å². The Hall–Kier alpha value is -2.18. The van der Waals surface area contributed by atoms with Gasteiger partial charge in [-0.25, -0.2) is 12.7 Å². The number of sulfonamides is 1. The zero-order chi connectivity index (χ0) is 23.5. The predicted octanol–water partition coefficient (Wildman–Crippen LogP) is 5.75. The van der Waals surface area contributed by atoms with E-state index in [0.29, 0.717) is 16.5 Å². The summed E-state index contributed by atoms with van der Waals surface area (Å²) in [4.78, 5) is 0.314. The van der Waals surface area contributed by atoms with Gasteiger partial charge in [0.2, 0.25) is 10.0 Å². The lowest BCUT2D eigenvalue weighted by molar-refractivity contribution is 0.418. The van der Waals surface area contributed by atoms with E-state index in [1.54, 1.807) is 31.3 Å². The molecule has 0 aliphatic heterocycles. The van der Waals surface area contributed by atoms with Gasteiger partial charge in [-0.1, -0.05) is 72.3 Å². The Labute approximate surface area is 203 Å². The Morgan fingerprint density at radius 2 is 1.58 bits per heavy atom. The summed E-state index contributed by atoms with van der Waals surface area (Å²) in [6.45, 7) is 2.17. The van der Waals surface area contributed by atoms with Crippen molar-refractivity contribution in [2.45, 2.75) is 36.5 Å². The predicted molar refractivity (Wildman–Crippen MR) is 137 cm³/mol. The van der Waals surface area contributed by atoms with Gasteiger partial charge in [0.15, 0.2) is 0 Å². The van der Waals surface area contributed by atoms with Crippen LogP contribution in [-0.2, 0) is 16.4 Å². The number of halogens is 1. The molecule has 1 atom stereocenters. The van der Waals surface area contributed by atoms with Gasteiger partial charge in [0.1, 0.15) is 0 Å². The minimum atomic E-state index is -3.54. The maximum atomic E-state index is 13.0. The molecule has 3 aromatic carbocycles. The topological polar surface area (TPSA) is 49.4 Å². The van der Waals surface area contributed by atoms with Crippen molar-refractivity contribution < 1.29 is 8.42 Å². The molecule has 0 saturated heterocycles. The fraction of sp³-hybridized carbons (Fsp3) is 0.333. The molecule has 3 rings (SSSR count). The second-order valence-corrected chi connectivity index (χ2v) is 10.8. The summed E-state index contributed by atoms with van der Waals surface area (Å²) in [6, 6.07) is 26.9. The summed E-state index contributed by atoms with van der Waals surface area (Å²) >= 11 is 6.23. The molecular formula is C27H33ClN2O2S. The number of benzene rings is 3. The summed E-state index contributed by atoms with van der Waals surface area (Å²) in [6.07, 6.45) is 4.18. The van der Waals surface area contributed by atoms with Crippen molar-refractivity contribution in [2.24, 2.45) is 0 Å². The lowest BCUT2D eigenvalue weighted by Gasteiger charge is -2.25. The summed E-state index contributed by atoms with van der Waals surface area (Å²) in [5.74, 6) is 0.0454. The molecular weight excluding hydrogens is 452 g/mol. The van der Waals surface area contributed by atoms with Crippen molar-refractivity contribution in [3.63, 3.8) is 0 Å². The maximum absolute atomic E-state index is 13.0. The van der Waals surface area contributed by atoms with Crippen LogP contribution in [0.5, 0.6) is 0 Å². The average Bonchev–Trinajstić information content (AvgIpc) is 2.83. The highest BCUT2D eigenvalue weighted by molar-refractivity contribution is 7.89. The molecule has 33 heavy (non-hydrogen) atoms. The molecule has 1 N–H and O–H groups in total. The number of aryl methyl sites for hydroxylation is 1.